The van der Waals surface area contributed by atoms with Crippen molar-refractivity contribution in [3.05, 3.63) is 18.0 Å². The maximum absolute atomic E-state index is 12.4. The van der Waals surface area contributed by atoms with Crippen LogP contribution in [0.3, 0.4) is 0 Å². The van der Waals surface area contributed by atoms with Crippen molar-refractivity contribution in [2.24, 2.45) is 11.8 Å². The van der Waals surface area contributed by atoms with Crippen LogP contribution in [0.2, 0.25) is 0 Å². The number of aromatic amines is 1. The first-order chi connectivity index (χ1) is 8.45. The second kappa shape index (κ2) is 5.03. The highest BCUT2D eigenvalue weighted by atomic mass is 32.2. The summed E-state index contributed by atoms with van der Waals surface area (Å²) in [5, 5.41) is 8.96. The Balaban J connectivity index is 2.17. The largest absolute Gasteiger partial charge is 0.390 e. The molecule has 1 fully saturated rings. The molecule has 6 heteroatoms. The van der Waals surface area contributed by atoms with E-state index in [2.05, 4.69) is 18.8 Å². The quantitative estimate of drug-likeness (QED) is 0.864. The molecule has 0 amide bonds. The highest BCUT2D eigenvalue weighted by Crippen LogP contribution is 2.28. The highest BCUT2D eigenvalue weighted by molar-refractivity contribution is 7.89. The average Bonchev–Trinajstić information content (AvgIpc) is 2.98. The van der Waals surface area contributed by atoms with Crippen LogP contribution in [-0.2, 0) is 16.6 Å². The van der Waals surface area contributed by atoms with Gasteiger partial charge in [0.2, 0.25) is 10.0 Å². The molecule has 1 aromatic rings. The maximum Gasteiger partial charge on any atom is 0.244 e. The van der Waals surface area contributed by atoms with Gasteiger partial charge in [0.25, 0.3) is 0 Å². The Morgan fingerprint density at radius 2 is 2.28 bits per heavy atom. The first-order valence-electron chi connectivity index (χ1n) is 6.23. The van der Waals surface area contributed by atoms with Crippen LogP contribution in [-0.4, -0.2) is 35.9 Å². The van der Waals surface area contributed by atoms with Crippen LogP contribution in [0.4, 0.5) is 0 Å². The summed E-state index contributed by atoms with van der Waals surface area (Å²) in [6, 6.07) is 1.50. The van der Waals surface area contributed by atoms with Gasteiger partial charge in [-0.2, -0.15) is 4.31 Å². The van der Waals surface area contributed by atoms with E-state index in [1.165, 1.54) is 12.3 Å². The van der Waals surface area contributed by atoms with Crippen LogP contribution in [0.15, 0.2) is 17.2 Å². The fourth-order valence-corrected chi connectivity index (χ4v) is 3.86. The van der Waals surface area contributed by atoms with E-state index < -0.39 is 10.0 Å². The summed E-state index contributed by atoms with van der Waals surface area (Å²) in [5.41, 5.74) is 0.521. The number of sulfonamides is 1. The summed E-state index contributed by atoms with van der Waals surface area (Å²) >= 11 is 0. The van der Waals surface area contributed by atoms with Gasteiger partial charge in [-0.25, -0.2) is 8.42 Å². The monoisotopic (exact) mass is 272 g/mol. The fraction of sp³-hybridized carbons (Fsp3) is 0.667. The van der Waals surface area contributed by atoms with Crippen molar-refractivity contribution in [1.82, 2.24) is 9.29 Å². The Bertz CT molecular complexity index is 507. The number of hydrogen-bond acceptors (Lipinski definition) is 3. The zero-order chi connectivity index (χ0) is 13.3. The second-order valence-electron chi connectivity index (χ2n) is 5.17. The predicted molar refractivity (Wildman–Crippen MR) is 68.4 cm³/mol. The van der Waals surface area contributed by atoms with Crippen LogP contribution >= 0.6 is 0 Å². The molecular weight excluding hydrogens is 252 g/mol. The molecule has 2 heterocycles. The van der Waals surface area contributed by atoms with E-state index in [4.69, 9.17) is 5.11 Å². The van der Waals surface area contributed by atoms with Gasteiger partial charge >= 0.3 is 0 Å². The average molecular weight is 272 g/mol. The first-order valence-corrected chi connectivity index (χ1v) is 7.67. The van der Waals surface area contributed by atoms with E-state index in [0.29, 0.717) is 30.6 Å². The summed E-state index contributed by atoms with van der Waals surface area (Å²) in [7, 11) is -3.40. The zero-order valence-electron chi connectivity index (χ0n) is 10.8. The Morgan fingerprint density at radius 1 is 1.56 bits per heavy atom. The van der Waals surface area contributed by atoms with Crippen molar-refractivity contribution in [3.63, 3.8) is 0 Å². The van der Waals surface area contributed by atoms with Gasteiger partial charge in [0.1, 0.15) is 0 Å². The van der Waals surface area contributed by atoms with Gasteiger partial charge in [-0.3, -0.25) is 0 Å². The van der Waals surface area contributed by atoms with Gasteiger partial charge in [-0.05, 0) is 24.3 Å². The van der Waals surface area contributed by atoms with Crippen molar-refractivity contribution < 1.29 is 13.5 Å². The first kappa shape index (κ1) is 13.6. The fourth-order valence-electron chi connectivity index (χ4n) is 2.32. The molecule has 2 N–H and O–H groups in total. The normalized spacial score (nSPS) is 21.9. The van der Waals surface area contributed by atoms with Gasteiger partial charge in [-0.1, -0.05) is 13.8 Å². The molecule has 0 radical (unpaired) electrons. The van der Waals surface area contributed by atoms with E-state index in [1.807, 2.05) is 0 Å². The van der Waals surface area contributed by atoms with Crippen molar-refractivity contribution in [3.8, 4) is 0 Å². The van der Waals surface area contributed by atoms with Crippen LogP contribution in [0.25, 0.3) is 0 Å². The smallest absolute Gasteiger partial charge is 0.244 e. The van der Waals surface area contributed by atoms with E-state index in [-0.39, 0.29) is 11.5 Å². The molecule has 0 saturated carbocycles. The van der Waals surface area contributed by atoms with Crippen LogP contribution in [0.5, 0.6) is 0 Å². The lowest BCUT2D eigenvalue weighted by Crippen LogP contribution is -2.29. The number of nitrogens with zero attached hydrogens (tertiary/aromatic N) is 1. The minimum atomic E-state index is -3.40. The van der Waals surface area contributed by atoms with E-state index >= 15 is 0 Å². The molecule has 102 valence electrons. The number of nitrogens with one attached hydrogen (secondary N) is 1. The zero-order valence-corrected chi connectivity index (χ0v) is 11.6. The van der Waals surface area contributed by atoms with Crippen molar-refractivity contribution in [1.29, 1.82) is 0 Å². The summed E-state index contributed by atoms with van der Waals surface area (Å²) < 4.78 is 26.3. The molecule has 18 heavy (non-hydrogen) atoms. The maximum atomic E-state index is 12.4. The molecular formula is C12H20N2O3S. The summed E-state index contributed by atoms with van der Waals surface area (Å²) in [6.45, 7) is 5.26. The molecule has 0 bridgehead atoms. The Kier molecular flexibility index (Phi) is 3.79. The molecule has 1 unspecified atom stereocenters. The Morgan fingerprint density at radius 3 is 2.78 bits per heavy atom. The Labute approximate surface area is 108 Å². The Hall–Kier alpha value is -0.850. The van der Waals surface area contributed by atoms with Crippen molar-refractivity contribution in [2.45, 2.75) is 31.8 Å². The predicted octanol–water partition coefficient (Wildman–Crippen LogP) is 1.17. The van der Waals surface area contributed by atoms with E-state index in [9.17, 15) is 8.42 Å². The molecule has 0 spiro atoms. The number of hydrogen-bond donors (Lipinski definition) is 2. The third kappa shape index (κ3) is 2.46. The summed E-state index contributed by atoms with van der Waals surface area (Å²) in [5.74, 6) is 0.945. The third-order valence-corrected chi connectivity index (χ3v) is 5.50. The van der Waals surface area contributed by atoms with Gasteiger partial charge in [-0.15, -0.1) is 0 Å². The van der Waals surface area contributed by atoms with Gasteiger partial charge in [0, 0.05) is 25.0 Å². The standard InChI is InChI=1S/C12H20N2O3S/c1-9(2)10-3-4-14(7-10)18(16,17)12-5-11(8-15)13-6-12/h5-6,9-10,13,15H,3-4,7-8H2,1-2H3. The summed E-state index contributed by atoms with van der Waals surface area (Å²) in [6.07, 6.45) is 2.37. The molecule has 5 nitrogen and oxygen atoms in total. The number of aromatic nitrogens is 1. The minimum absolute atomic E-state index is 0.176. The lowest BCUT2D eigenvalue weighted by molar-refractivity contribution is 0.277. The van der Waals surface area contributed by atoms with E-state index in [0.717, 1.165) is 6.42 Å². The molecule has 1 aliphatic rings. The van der Waals surface area contributed by atoms with Crippen LogP contribution in [0.1, 0.15) is 26.0 Å². The number of aliphatic hydroxyl groups excluding tert-OH is 1. The number of rotatable bonds is 4. The lowest BCUT2D eigenvalue weighted by atomic mass is 9.96. The molecule has 1 atom stereocenters. The number of aliphatic hydroxyl groups is 1. The summed E-state index contributed by atoms with van der Waals surface area (Å²) in [4.78, 5) is 3.01. The molecule has 2 rings (SSSR count). The van der Waals surface area contributed by atoms with Gasteiger partial charge in [0.15, 0.2) is 0 Å². The second-order valence-corrected chi connectivity index (χ2v) is 7.11. The van der Waals surface area contributed by atoms with E-state index in [1.54, 1.807) is 4.31 Å². The minimum Gasteiger partial charge on any atom is -0.390 e. The number of H-pyrrole nitrogens is 1. The van der Waals surface area contributed by atoms with Gasteiger partial charge < -0.3 is 10.1 Å². The van der Waals surface area contributed by atoms with Crippen LogP contribution < -0.4 is 0 Å². The SMILES string of the molecule is CC(C)C1CCN(S(=O)(=O)c2c[nH]c(CO)c2)C1. The van der Waals surface area contributed by atoms with Crippen molar-refractivity contribution in [2.75, 3.05) is 13.1 Å². The molecule has 1 saturated heterocycles. The lowest BCUT2D eigenvalue weighted by Gasteiger charge is -2.17. The molecule has 1 aliphatic heterocycles. The van der Waals surface area contributed by atoms with Gasteiger partial charge in [0.05, 0.1) is 11.5 Å². The topological polar surface area (TPSA) is 73.4 Å². The molecule has 1 aromatic heterocycles. The van der Waals surface area contributed by atoms with Crippen LogP contribution in [0, 0.1) is 11.8 Å². The highest BCUT2D eigenvalue weighted by Gasteiger charge is 2.34. The molecule has 0 aromatic carbocycles. The third-order valence-electron chi connectivity index (χ3n) is 3.65. The molecule has 0 aliphatic carbocycles. The van der Waals surface area contributed by atoms with Crippen molar-refractivity contribution >= 4 is 10.0 Å².